The van der Waals surface area contributed by atoms with Crippen molar-refractivity contribution in [2.24, 2.45) is 0 Å². The van der Waals surface area contributed by atoms with Gasteiger partial charge in [0.25, 0.3) is 0 Å². The lowest BCUT2D eigenvalue weighted by Crippen LogP contribution is -2.39. The first kappa shape index (κ1) is 14.3. The normalized spacial score (nSPS) is 18.7. The summed E-state index contributed by atoms with van der Waals surface area (Å²) in [6, 6.07) is -0.373. The van der Waals surface area contributed by atoms with E-state index in [0.717, 1.165) is 0 Å². The molecule has 1 fully saturated rings. The molecule has 20 heavy (non-hydrogen) atoms. The quantitative estimate of drug-likeness (QED) is 0.840. The Morgan fingerprint density at radius 3 is 2.90 bits per heavy atom. The molecule has 1 aliphatic rings. The Kier molecular flexibility index (Phi) is 4.21. The van der Waals surface area contributed by atoms with Gasteiger partial charge >= 0.3 is 6.03 Å². The van der Waals surface area contributed by atoms with E-state index >= 15 is 0 Å². The van der Waals surface area contributed by atoms with E-state index in [2.05, 4.69) is 20.8 Å². The van der Waals surface area contributed by atoms with Crippen LogP contribution in [0.1, 0.15) is 44.4 Å². The molecule has 0 bridgehead atoms. The van der Waals surface area contributed by atoms with Crippen LogP contribution in [0.5, 0.6) is 0 Å². The van der Waals surface area contributed by atoms with Crippen LogP contribution in [0.25, 0.3) is 0 Å². The monoisotopic (exact) mass is 281 g/mol. The number of aromatic nitrogens is 2. The molecular weight excluding hydrogens is 262 g/mol. The Morgan fingerprint density at radius 1 is 1.55 bits per heavy atom. The van der Waals surface area contributed by atoms with E-state index in [9.17, 15) is 9.59 Å². The smallest absolute Gasteiger partial charge is 0.315 e. The number of rotatable bonds is 4. The molecule has 3 amide bonds. The van der Waals surface area contributed by atoms with Crippen LogP contribution >= 0.6 is 0 Å². The molecule has 110 valence electrons. The Bertz CT molecular complexity index is 499. The first-order valence-corrected chi connectivity index (χ1v) is 6.60. The lowest BCUT2D eigenvalue weighted by atomic mass is 10.2. The Balaban J connectivity index is 1.89. The number of nitrogens with one attached hydrogen (secondary N) is 2. The summed E-state index contributed by atoms with van der Waals surface area (Å²) in [6.45, 7) is 3.93. The Labute approximate surface area is 116 Å². The molecule has 1 atom stereocenters. The second kappa shape index (κ2) is 5.89. The molecule has 0 aromatic carbocycles. The Morgan fingerprint density at radius 2 is 2.30 bits per heavy atom. The molecule has 2 heterocycles. The number of carbonyl (C=O) groups is 2. The topological polar surface area (TPSA) is 100 Å². The lowest BCUT2D eigenvalue weighted by Gasteiger charge is -2.15. The van der Waals surface area contributed by atoms with Crippen molar-refractivity contribution in [3.8, 4) is 0 Å². The molecule has 8 nitrogen and oxygen atoms in total. The Hall–Kier alpha value is -2.12. The van der Waals surface area contributed by atoms with E-state index in [4.69, 9.17) is 4.52 Å². The van der Waals surface area contributed by atoms with Crippen LogP contribution in [0.15, 0.2) is 4.52 Å². The molecule has 0 aliphatic carbocycles. The molecule has 1 aromatic rings. The predicted molar refractivity (Wildman–Crippen MR) is 69.6 cm³/mol. The van der Waals surface area contributed by atoms with Gasteiger partial charge in [-0.1, -0.05) is 5.16 Å². The second-order valence-corrected chi connectivity index (χ2v) is 5.09. The molecule has 1 aromatic heterocycles. The number of carbonyl (C=O) groups excluding carboxylic acids is 2. The summed E-state index contributed by atoms with van der Waals surface area (Å²) in [7, 11) is 1.72. The van der Waals surface area contributed by atoms with Crippen molar-refractivity contribution in [3.63, 3.8) is 0 Å². The summed E-state index contributed by atoms with van der Waals surface area (Å²) < 4.78 is 5.15. The van der Waals surface area contributed by atoms with Gasteiger partial charge in [-0.25, -0.2) is 4.79 Å². The molecule has 0 saturated carbocycles. The van der Waals surface area contributed by atoms with Gasteiger partial charge in [-0.2, -0.15) is 4.98 Å². The minimum Gasteiger partial charge on any atom is -0.337 e. The number of likely N-dealkylation sites (tertiary alicyclic amines) is 1. The number of amides is 3. The first-order chi connectivity index (χ1) is 9.47. The van der Waals surface area contributed by atoms with Crippen LogP contribution in [0.3, 0.4) is 0 Å². The third-order valence-corrected chi connectivity index (χ3v) is 3.09. The molecule has 1 aliphatic heterocycles. The average molecular weight is 281 g/mol. The molecule has 8 heteroatoms. The summed E-state index contributed by atoms with van der Waals surface area (Å²) >= 11 is 0. The highest BCUT2D eigenvalue weighted by molar-refractivity contribution is 5.78. The lowest BCUT2D eigenvalue weighted by molar-refractivity contribution is -0.127. The van der Waals surface area contributed by atoms with Gasteiger partial charge in [0, 0.05) is 19.5 Å². The molecular formula is C12H19N5O3. The van der Waals surface area contributed by atoms with Gasteiger partial charge in [-0.05, 0) is 20.3 Å². The van der Waals surface area contributed by atoms with Gasteiger partial charge in [0.1, 0.15) is 6.04 Å². The zero-order chi connectivity index (χ0) is 14.7. The van der Waals surface area contributed by atoms with Crippen LogP contribution in [0.4, 0.5) is 4.79 Å². The van der Waals surface area contributed by atoms with Gasteiger partial charge < -0.3 is 20.1 Å². The number of nitrogens with zero attached hydrogens (tertiary/aromatic N) is 3. The molecule has 0 radical (unpaired) electrons. The standard InChI is InChI=1S/C12H19N5O3/c1-7(2)14-12(19)13-6-9-15-11(20-16-9)8-4-5-10(18)17(8)3/h7-8H,4-6H2,1-3H3,(H2,13,14,19)/t8-/m0/s1. The van der Waals surface area contributed by atoms with Crippen LogP contribution in [-0.2, 0) is 11.3 Å². The molecule has 0 spiro atoms. The largest absolute Gasteiger partial charge is 0.337 e. The molecule has 0 unspecified atom stereocenters. The fourth-order valence-corrected chi connectivity index (χ4v) is 2.04. The summed E-state index contributed by atoms with van der Waals surface area (Å²) in [5.41, 5.74) is 0. The van der Waals surface area contributed by atoms with Crippen molar-refractivity contribution in [2.45, 2.75) is 45.3 Å². The number of hydrogen-bond donors (Lipinski definition) is 2. The van der Waals surface area contributed by atoms with E-state index in [0.29, 0.717) is 24.6 Å². The van der Waals surface area contributed by atoms with Crippen LogP contribution < -0.4 is 10.6 Å². The van der Waals surface area contributed by atoms with Crippen molar-refractivity contribution in [1.29, 1.82) is 0 Å². The van der Waals surface area contributed by atoms with E-state index in [1.165, 1.54) is 0 Å². The number of hydrogen-bond acceptors (Lipinski definition) is 5. The zero-order valence-corrected chi connectivity index (χ0v) is 11.8. The van der Waals surface area contributed by atoms with E-state index in [1.807, 2.05) is 13.8 Å². The van der Waals surface area contributed by atoms with E-state index in [1.54, 1.807) is 11.9 Å². The third-order valence-electron chi connectivity index (χ3n) is 3.09. The summed E-state index contributed by atoms with van der Waals surface area (Å²) in [4.78, 5) is 28.7. The fraction of sp³-hybridized carbons (Fsp3) is 0.667. The highest BCUT2D eigenvalue weighted by Gasteiger charge is 2.33. The maximum Gasteiger partial charge on any atom is 0.315 e. The maximum absolute atomic E-state index is 11.5. The van der Waals surface area contributed by atoms with Crippen molar-refractivity contribution in [2.75, 3.05) is 7.05 Å². The average Bonchev–Trinajstić information content (AvgIpc) is 2.95. The highest BCUT2D eigenvalue weighted by atomic mass is 16.5. The summed E-state index contributed by atoms with van der Waals surface area (Å²) in [5, 5.41) is 9.14. The SMILES string of the molecule is CC(C)NC(=O)NCc1noc([C@@H]2CCC(=O)N2C)n1. The van der Waals surface area contributed by atoms with Crippen molar-refractivity contribution >= 4 is 11.9 Å². The minimum atomic E-state index is -0.278. The third kappa shape index (κ3) is 3.25. The van der Waals surface area contributed by atoms with Crippen molar-refractivity contribution in [3.05, 3.63) is 11.7 Å². The van der Waals surface area contributed by atoms with Crippen molar-refractivity contribution < 1.29 is 14.1 Å². The number of urea groups is 1. The van der Waals surface area contributed by atoms with Gasteiger partial charge in [-0.15, -0.1) is 0 Å². The van der Waals surface area contributed by atoms with Gasteiger partial charge in [0.15, 0.2) is 5.82 Å². The van der Waals surface area contributed by atoms with E-state index in [-0.39, 0.29) is 30.6 Å². The zero-order valence-electron chi connectivity index (χ0n) is 11.8. The summed E-state index contributed by atoms with van der Waals surface area (Å²) in [6.07, 6.45) is 1.17. The maximum atomic E-state index is 11.5. The molecule has 2 rings (SSSR count). The highest BCUT2D eigenvalue weighted by Crippen LogP contribution is 2.29. The van der Waals surface area contributed by atoms with E-state index < -0.39 is 0 Å². The fourth-order valence-electron chi connectivity index (χ4n) is 2.04. The van der Waals surface area contributed by atoms with Crippen molar-refractivity contribution in [1.82, 2.24) is 25.7 Å². The van der Waals surface area contributed by atoms with Crippen LogP contribution in [-0.4, -0.2) is 40.1 Å². The minimum absolute atomic E-state index is 0.0639. The van der Waals surface area contributed by atoms with Gasteiger partial charge in [0.2, 0.25) is 11.8 Å². The van der Waals surface area contributed by atoms with Crippen LogP contribution in [0.2, 0.25) is 0 Å². The molecule has 1 saturated heterocycles. The van der Waals surface area contributed by atoms with Crippen LogP contribution in [0, 0.1) is 0 Å². The predicted octanol–water partition coefficient (Wildman–Crippen LogP) is 0.570. The van der Waals surface area contributed by atoms with Gasteiger partial charge in [0.05, 0.1) is 6.54 Å². The molecule has 2 N–H and O–H groups in total. The summed E-state index contributed by atoms with van der Waals surface area (Å²) in [5.74, 6) is 0.884. The second-order valence-electron chi connectivity index (χ2n) is 5.09. The first-order valence-electron chi connectivity index (χ1n) is 6.60. The van der Waals surface area contributed by atoms with Gasteiger partial charge in [-0.3, -0.25) is 4.79 Å².